The Morgan fingerprint density at radius 3 is 2.88 bits per heavy atom. The maximum absolute atomic E-state index is 14.0. The maximum Gasteiger partial charge on any atom is 0.257 e. The Bertz CT molecular complexity index is 759. The third kappa shape index (κ3) is 3.71. The first-order chi connectivity index (χ1) is 12.2. The maximum atomic E-state index is 14.0. The SMILES string of the molecule is O=C(c1ccncc1F)N1Cc2nccn2C[C@H](COCC2CC2)C1. The number of carbonyl (C=O) groups is 1. The Hall–Kier alpha value is -2.28. The molecule has 3 heterocycles. The molecule has 132 valence electrons. The van der Waals surface area contributed by atoms with E-state index in [1.54, 1.807) is 11.1 Å². The zero-order chi connectivity index (χ0) is 17.2. The summed E-state index contributed by atoms with van der Waals surface area (Å²) in [7, 11) is 0. The number of amides is 1. The zero-order valence-electron chi connectivity index (χ0n) is 14.0. The molecule has 1 aliphatic heterocycles. The average molecular weight is 344 g/mol. The summed E-state index contributed by atoms with van der Waals surface area (Å²) in [5.74, 6) is 0.749. The standard InChI is InChI=1S/C18H21FN4O2/c19-16-7-20-4-3-15(16)18(24)23-9-14(12-25-11-13-1-2-13)8-22-6-5-21-17(22)10-23/h3-7,13-14H,1-2,8-12H2/t14-/m0/s1. The molecule has 0 spiro atoms. The van der Waals surface area contributed by atoms with Crippen LogP contribution in [-0.2, 0) is 17.8 Å². The highest BCUT2D eigenvalue weighted by Gasteiger charge is 2.28. The Morgan fingerprint density at radius 1 is 1.24 bits per heavy atom. The first-order valence-electron chi connectivity index (χ1n) is 8.67. The van der Waals surface area contributed by atoms with Crippen LogP contribution in [0.15, 0.2) is 30.9 Å². The second kappa shape index (κ2) is 6.92. The van der Waals surface area contributed by atoms with Crippen molar-refractivity contribution in [1.29, 1.82) is 0 Å². The summed E-state index contributed by atoms with van der Waals surface area (Å²) in [4.78, 5) is 22.5. The normalized spacial score (nSPS) is 20.2. The summed E-state index contributed by atoms with van der Waals surface area (Å²) in [5.41, 5.74) is 0.0488. The zero-order valence-corrected chi connectivity index (χ0v) is 14.0. The van der Waals surface area contributed by atoms with Crippen LogP contribution in [0.5, 0.6) is 0 Å². The van der Waals surface area contributed by atoms with Crippen molar-refractivity contribution in [2.45, 2.75) is 25.9 Å². The van der Waals surface area contributed by atoms with Gasteiger partial charge in [-0.3, -0.25) is 9.78 Å². The van der Waals surface area contributed by atoms with E-state index in [1.807, 2.05) is 6.20 Å². The van der Waals surface area contributed by atoms with Crippen LogP contribution in [0.25, 0.3) is 0 Å². The van der Waals surface area contributed by atoms with Gasteiger partial charge in [-0.05, 0) is 24.8 Å². The van der Waals surface area contributed by atoms with E-state index < -0.39 is 5.82 Å². The van der Waals surface area contributed by atoms with Gasteiger partial charge in [0.25, 0.3) is 5.91 Å². The van der Waals surface area contributed by atoms with Crippen molar-refractivity contribution < 1.29 is 13.9 Å². The smallest absolute Gasteiger partial charge is 0.257 e. The predicted octanol–water partition coefficient (Wildman–Crippen LogP) is 2.12. The molecule has 2 aliphatic rings. The molecule has 4 rings (SSSR count). The first-order valence-corrected chi connectivity index (χ1v) is 8.67. The molecule has 1 atom stereocenters. The first kappa shape index (κ1) is 16.2. The van der Waals surface area contributed by atoms with Crippen LogP contribution in [0.1, 0.15) is 29.0 Å². The molecule has 1 amide bonds. The van der Waals surface area contributed by atoms with Crippen LogP contribution in [0.3, 0.4) is 0 Å². The molecule has 0 radical (unpaired) electrons. The quantitative estimate of drug-likeness (QED) is 0.834. The van der Waals surface area contributed by atoms with Gasteiger partial charge < -0.3 is 14.2 Å². The van der Waals surface area contributed by atoms with E-state index in [4.69, 9.17) is 4.74 Å². The van der Waals surface area contributed by atoms with E-state index in [-0.39, 0.29) is 17.4 Å². The van der Waals surface area contributed by atoms with Crippen LogP contribution < -0.4 is 0 Å². The van der Waals surface area contributed by atoms with Gasteiger partial charge in [0.15, 0.2) is 5.82 Å². The Morgan fingerprint density at radius 2 is 2.08 bits per heavy atom. The molecule has 25 heavy (non-hydrogen) atoms. The van der Waals surface area contributed by atoms with Gasteiger partial charge in [0.05, 0.1) is 24.9 Å². The molecule has 6 nitrogen and oxygen atoms in total. The number of fused-ring (bicyclic) bond motifs is 1. The van der Waals surface area contributed by atoms with Gasteiger partial charge in [-0.25, -0.2) is 9.37 Å². The van der Waals surface area contributed by atoms with Crippen molar-refractivity contribution in [3.8, 4) is 0 Å². The average Bonchev–Trinajstić information content (AvgIpc) is 3.37. The molecule has 0 saturated heterocycles. The van der Waals surface area contributed by atoms with Gasteiger partial charge >= 0.3 is 0 Å². The highest BCUT2D eigenvalue weighted by molar-refractivity contribution is 5.94. The fourth-order valence-corrected chi connectivity index (χ4v) is 3.21. The van der Waals surface area contributed by atoms with E-state index in [9.17, 15) is 9.18 Å². The highest BCUT2D eigenvalue weighted by atomic mass is 19.1. The number of carbonyl (C=O) groups excluding carboxylic acids is 1. The number of halogens is 1. The summed E-state index contributed by atoms with van der Waals surface area (Å²) >= 11 is 0. The molecule has 0 bridgehead atoms. The molecule has 2 aromatic rings. The minimum absolute atomic E-state index is 0.0488. The van der Waals surface area contributed by atoms with Crippen molar-refractivity contribution in [3.05, 3.63) is 48.1 Å². The summed E-state index contributed by atoms with van der Waals surface area (Å²) in [6.07, 6.45) is 8.67. The molecule has 0 N–H and O–H groups in total. The molecular weight excluding hydrogens is 323 g/mol. The minimum atomic E-state index is -0.596. The van der Waals surface area contributed by atoms with Crippen molar-refractivity contribution in [2.75, 3.05) is 19.8 Å². The lowest BCUT2D eigenvalue weighted by atomic mass is 10.1. The van der Waals surface area contributed by atoms with Crippen LogP contribution in [0, 0.1) is 17.7 Å². The summed E-state index contributed by atoms with van der Waals surface area (Å²) < 4.78 is 21.9. The van der Waals surface area contributed by atoms with Crippen molar-refractivity contribution >= 4 is 5.91 Å². The van der Waals surface area contributed by atoms with E-state index in [0.29, 0.717) is 25.6 Å². The third-order valence-electron chi connectivity index (χ3n) is 4.76. The lowest BCUT2D eigenvalue weighted by Crippen LogP contribution is -2.36. The molecule has 1 fully saturated rings. The number of imidazole rings is 1. The van der Waals surface area contributed by atoms with Crippen LogP contribution in [-0.4, -0.2) is 45.1 Å². The van der Waals surface area contributed by atoms with E-state index >= 15 is 0 Å². The van der Waals surface area contributed by atoms with E-state index in [0.717, 1.165) is 25.2 Å². The molecule has 7 heteroatoms. The summed E-state index contributed by atoms with van der Waals surface area (Å²) in [5, 5.41) is 0. The highest BCUT2D eigenvalue weighted by Crippen LogP contribution is 2.29. The lowest BCUT2D eigenvalue weighted by Gasteiger charge is -2.24. The number of rotatable bonds is 5. The third-order valence-corrected chi connectivity index (χ3v) is 4.76. The van der Waals surface area contributed by atoms with Gasteiger partial charge in [0, 0.05) is 44.2 Å². The second-order valence-electron chi connectivity index (χ2n) is 6.88. The fraction of sp³-hybridized carbons (Fsp3) is 0.500. The van der Waals surface area contributed by atoms with Gasteiger partial charge in [0.1, 0.15) is 5.82 Å². The topological polar surface area (TPSA) is 60.2 Å². The Kier molecular flexibility index (Phi) is 4.48. The molecule has 0 aromatic carbocycles. The molecule has 1 aliphatic carbocycles. The van der Waals surface area contributed by atoms with E-state index in [2.05, 4.69) is 14.5 Å². The monoisotopic (exact) mass is 344 g/mol. The number of pyridine rings is 1. The van der Waals surface area contributed by atoms with Crippen molar-refractivity contribution in [3.63, 3.8) is 0 Å². The number of ether oxygens (including phenoxy) is 1. The van der Waals surface area contributed by atoms with Crippen molar-refractivity contribution in [1.82, 2.24) is 19.4 Å². The molecule has 0 unspecified atom stereocenters. The van der Waals surface area contributed by atoms with Crippen LogP contribution in [0.4, 0.5) is 4.39 Å². The summed E-state index contributed by atoms with van der Waals surface area (Å²) in [6, 6.07) is 1.42. The fourth-order valence-electron chi connectivity index (χ4n) is 3.21. The summed E-state index contributed by atoms with van der Waals surface area (Å²) in [6.45, 7) is 3.03. The molecule has 1 saturated carbocycles. The molecular formula is C18H21FN4O2. The Labute approximate surface area is 145 Å². The van der Waals surface area contributed by atoms with Gasteiger partial charge in [0.2, 0.25) is 0 Å². The number of aromatic nitrogens is 3. The number of nitrogens with zero attached hydrogens (tertiary/aromatic N) is 4. The Balaban J connectivity index is 1.51. The van der Waals surface area contributed by atoms with Crippen LogP contribution >= 0.6 is 0 Å². The molecule has 2 aromatic heterocycles. The van der Waals surface area contributed by atoms with Crippen molar-refractivity contribution in [2.24, 2.45) is 11.8 Å². The second-order valence-corrected chi connectivity index (χ2v) is 6.88. The van der Waals surface area contributed by atoms with Crippen LogP contribution in [0.2, 0.25) is 0 Å². The minimum Gasteiger partial charge on any atom is -0.381 e. The lowest BCUT2D eigenvalue weighted by molar-refractivity contribution is 0.0568. The predicted molar refractivity (Wildman–Crippen MR) is 88.2 cm³/mol. The van der Waals surface area contributed by atoms with Gasteiger partial charge in [-0.2, -0.15) is 0 Å². The van der Waals surface area contributed by atoms with E-state index in [1.165, 1.54) is 25.1 Å². The van der Waals surface area contributed by atoms with Gasteiger partial charge in [-0.1, -0.05) is 0 Å². The number of hydrogen-bond donors (Lipinski definition) is 0. The number of hydrogen-bond acceptors (Lipinski definition) is 4. The largest absolute Gasteiger partial charge is 0.381 e. The van der Waals surface area contributed by atoms with Gasteiger partial charge in [-0.15, -0.1) is 0 Å².